The highest BCUT2D eigenvalue weighted by Crippen LogP contribution is 2.37. The number of nitrogens with two attached hydrogens (primary N) is 1. The van der Waals surface area contributed by atoms with Crippen molar-refractivity contribution in [3.8, 4) is 0 Å². The van der Waals surface area contributed by atoms with Gasteiger partial charge in [-0.1, -0.05) is 12.1 Å². The second kappa shape index (κ2) is 4.85. The molecule has 0 saturated heterocycles. The maximum atomic E-state index is 11.4. The molecule has 0 heterocycles. The fourth-order valence-corrected chi connectivity index (χ4v) is 1.92. The van der Waals surface area contributed by atoms with Crippen LogP contribution in [0.25, 0.3) is 0 Å². The van der Waals surface area contributed by atoms with Gasteiger partial charge in [0.25, 0.3) is 0 Å². The van der Waals surface area contributed by atoms with Gasteiger partial charge in [0, 0.05) is 0 Å². The van der Waals surface area contributed by atoms with Gasteiger partial charge in [-0.3, -0.25) is 0 Å². The third kappa shape index (κ3) is 2.65. The lowest BCUT2D eigenvalue weighted by Crippen LogP contribution is -2.28. The van der Waals surface area contributed by atoms with Crippen molar-refractivity contribution in [3.05, 3.63) is 35.4 Å². The summed E-state index contributed by atoms with van der Waals surface area (Å²) >= 11 is 0. The summed E-state index contributed by atoms with van der Waals surface area (Å²) in [4.78, 5) is 11.4. The Labute approximate surface area is 100 Å². The summed E-state index contributed by atoms with van der Waals surface area (Å²) in [5.74, 6) is -0.0771. The van der Waals surface area contributed by atoms with E-state index >= 15 is 0 Å². The Balaban J connectivity index is 2.17. The highest BCUT2D eigenvalue weighted by atomic mass is 16.5. The van der Waals surface area contributed by atoms with Crippen LogP contribution < -0.4 is 5.73 Å². The number of benzene rings is 1. The molecule has 4 heteroatoms. The van der Waals surface area contributed by atoms with Gasteiger partial charge in [-0.15, -0.1) is 0 Å². The number of ether oxygens (including phenoxy) is 1. The van der Waals surface area contributed by atoms with E-state index in [1.165, 1.54) is 7.11 Å². The quantitative estimate of drug-likeness (QED) is 0.770. The molecule has 17 heavy (non-hydrogen) atoms. The fraction of sp³-hybridized carbons (Fsp3) is 0.462. The van der Waals surface area contributed by atoms with E-state index in [1.807, 2.05) is 6.07 Å². The van der Waals surface area contributed by atoms with Gasteiger partial charge in [0.2, 0.25) is 0 Å². The first-order chi connectivity index (χ1) is 8.13. The molecule has 2 atom stereocenters. The van der Waals surface area contributed by atoms with Gasteiger partial charge in [0.1, 0.15) is 0 Å². The molecule has 1 aliphatic rings. The molecule has 3 N–H and O–H groups in total. The molecule has 1 fully saturated rings. The summed E-state index contributed by atoms with van der Waals surface area (Å²) in [5, 5.41) is 9.96. The maximum Gasteiger partial charge on any atom is 0.337 e. The second-order valence-electron chi connectivity index (χ2n) is 4.47. The molecule has 2 rings (SSSR count). The summed E-state index contributed by atoms with van der Waals surface area (Å²) in [7, 11) is 1.34. The van der Waals surface area contributed by atoms with Crippen LogP contribution in [0.1, 0.15) is 34.8 Å². The second-order valence-corrected chi connectivity index (χ2v) is 4.47. The van der Waals surface area contributed by atoms with Gasteiger partial charge in [0.05, 0.1) is 24.8 Å². The molecule has 0 aromatic heterocycles. The standard InChI is InChI=1S/C13H17NO3/c1-17-13(16)10-4-2-3-9(7-10)11(14)12(15)8-5-6-8/h2-4,7-8,11-12,15H,5-6,14H2,1H3/t11-,12+/m0/s1. The molecule has 0 amide bonds. The maximum absolute atomic E-state index is 11.4. The fourth-order valence-electron chi connectivity index (χ4n) is 1.92. The Bertz CT molecular complexity index is 415. The average Bonchev–Trinajstić information content (AvgIpc) is 3.20. The topological polar surface area (TPSA) is 72.5 Å². The molecule has 4 nitrogen and oxygen atoms in total. The van der Waals surface area contributed by atoms with Crippen LogP contribution in [0.3, 0.4) is 0 Å². The lowest BCUT2D eigenvalue weighted by atomic mass is 9.97. The lowest BCUT2D eigenvalue weighted by Gasteiger charge is -2.19. The Hall–Kier alpha value is -1.39. The first-order valence-corrected chi connectivity index (χ1v) is 5.75. The molecule has 0 aliphatic heterocycles. The molecule has 1 aromatic carbocycles. The van der Waals surface area contributed by atoms with E-state index in [2.05, 4.69) is 4.74 Å². The predicted octanol–water partition coefficient (Wildman–Crippen LogP) is 1.24. The molecule has 1 saturated carbocycles. The first kappa shape index (κ1) is 12.1. The smallest absolute Gasteiger partial charge is 0.337 e. The zero-order valence-corrected chi connectivity index (χ0v) is 9.80. The van der Waals surface area contributed by atoms with Gasteiger partial charge in [0.15, 0.2) is 0 Å². The van der Waals surface area contributed by atoms with Crippen molar-refractivity contribution in [2.24, 2.45) is 11.7 Å². The van der Waals surface area contributed by atoms with E-state index in [1.54, 1.807) is 18.2 Å². The zero-order valence-electron chi connectivity index (χ0n) is 9.80. The number of carbonyl (C=O) groups excluding carboxylic acids is 1. The minimum Gasteiger partial charge on any atom is -0.465 e. The SMILES string of the molecule is COC(=O)c1cccc([C@H](N)[C@H](O)C2CC2)c1. The molecule has 0 radical (unpaired) electrons. The number of hydrogen-bond acceptors (Lipinski definition) is 4. The normalized spacial score (nSPS) is 18.5. The monoisotopic (exact) mass is 235 g/mol. The van der Waals surface area contributed by atoms with Crippen LogP contribution >= 0.6 is 0 Å². The van der Waals surface area contributed by atoms with E-state index in [9.17, 15) is 9.90 Å². The Morgan fingerprint density at radius 2 is 2.24 bits per heavy atom. The molecular formula is C13H17NO3. The molecule has 0 unspecified atom stereocenters. The van der Waals surface area contributed by atoms with Crippen molar-refractivity contribution >= 4 is 5.97 Å². The molecule has 92 valence electrons. The van der Waals surface area contributed by atoms with Crippen molar-refractivity contribution in [1.29, 1.82) is 0 Å². The minimum absolute atomic E-state index is 0.312. The van der Waals surface area contributed by atoms with E-state index in [0.717, 1.165) is 18.4 Å². The Morgan fingerprint density at radius 1 is 1.53 bits per heavy atom. The van der Waals surface area contributed by atoms with Crippen molar-refractivity contribution in [2.45, 2.75) is 25.0 Å². The van der Waals surface area contributed by atoms with E-state index in [-0.39, 0.29) is 5.97 Å². The van der Waals surface area contributed by atoms with Gasteiger partial charge < -0.3 is 15.6 Å². The summed E-state index contributed by atoms with van der Waals surface area (Å²) in [6.45, 7) is 0. The minimum atomic E-state index is -0.525. The summed E-state index contributed by atoms with van der Waals surface area (Å²) in [6, 6.07) is 6.49. The summed E-state index contributed by atoms with van der Waals surface area (Å²) in [5.41, 5.74) is 7.22. The van der Waals surface area contributed by atoms with Gasteiger partial charge >= 0.3 is 5.97 Å². The van der Waals surface area contributed by atoms with Crippen molar-refractivity contribution in [3.63, 3.8) is 0 Å². The Kier molecular flexibility index (Phi) is 3.45. The van der Waals surface area contributed by atoms with Crippen molar-refractivity contribution in [1.82, 2.24) is 0 Å². The van der Waals surface area contributed by atoms with Crippen LogP contribution in [0.15, 0.2) is 24.3 Å². The van der Waals surface area contributed by atoms with Crippen LogP contribution in [0.5, 0.6) is 0 Å². The van der Waals surface area contributed by atoms with Gasteiger partial charge in [-0.25, -0.2) is 4.79 Å². The highest BCUT2D eigenvalue weighted by molar-refractivity contribution is 5.89. The molecule has 0 spiro atoms. The largest absolute Gasteiger partial charge is 0.465 e. The van der Waals surface area contributed by atoms with Crippen LogP contribution in [0.4, 0.5) is 0 Å². The zero-order chi connectivity index (χ0) is 12.4. The van der Waals surface area contributed by atoms with Crippen molar-refractivity contribution < 1.29 is 14.6 Å². The van der Waals surface area contributed by atoms with Crippen LogP contribution in [-0.2, 0) is 4.74 Å². The number of carbonyl (C=O) groups is 1. The van der Waals surface area contributed by atoms with Crippen molar-refractivity contribution in [2.75, 3.05) is 7.11 Å². The van der Waals surface area contributed by atoms with E-state index < -0.39 is 12.1 Å². The molecular weight excluding hydrogens is 218 g/mol. The van der Waals surface area contributed by atoms with Gasteiger partial charge in [-0.2, -0.15) is 0 Å². The Morgan fingerprint density at radius 3 is 2.82 bits per heavy atom. The molecule has 1 aliphatic carbocycles. The number of aliphatic hydroxyl groups is 1. The van der Waals surface area contributed by atoms with E-state index in [0.29, 0.717) is 11.5 Å². The van der Waals surface area contributed by atoms with Gasteiger partial charge in [-0.05, 0) is 36.5 Å². The third-order valence-corrected chi connectivity index (χ3v) is 3.17. The average molecular weight is 235 g/mol. The molecule has 0 bridgehead atoms. The summed E-state index contributed by atoms with van der Waals surface area (Å²) in [6.07, 6.45) is 1.54. The van der Waals surface area contributed by atoms with Crippen LogP contribution in [0, 0.1) is 5.92 Å². The lowest BCUT2D eigenvalue weighted by molar-refractivity contribution is 0.0600. The van der Waals surface area contributed by atoms with Crippen LogP contribution in [-0.4, -0.2) is 24.3 Å². The highest BCUT2D eigenvalue weighted by Gasteiger charge is 2.34. The van der Waals surface area contributed by atoms with E-state index in [4.69, 9.17) is 5.73 Å². The number of esters is 1. The van der Waals surface area contributed by atoms with Crippen LogP contribution in [0.2, 0.25) is 0 Å². The number of hydrogen-bond donors (Lipinski definition) is 2. The third-order valence-electron chi connectivity index (χ3n) is 3.17. The molecule has 1 aromatic rings. The number of aliphatic hydroxyl groups excluding tert-OH is 1. The number of rotatable bonds is 4. The first-order valence-electron chi connectivity index (χ1n) is 5.75. The number of methoxy groups -OCH3 is 1. The predicted molar refractivity (Wildman–Crippen MR) is 63.4 cm³/mol. The summed E-state index contributed by atoms with van der Waals surface area (Å²) < 4.78 is 4.65.